The molecule has 0 aliphatic carbocycles. The molecule has 1 amide bonds. The predicted octanol–water partition coefficient (Wildman–Crippen LogP) is 5.46. The lowest BCUT2D eigenvalue weighted by molar-refractivity contribution is -0.122. The first-order valence-electron chi connectivity index (χ1n) is 11.0. The van der Waals surface area contributed by atoms with E-state index in [1.807, 2.05) is 55.5 Å². The number of ether oxygens (including phenoxy) is 3. The Kier molecular flexibility index (Phi) is 5.83. The summed E-state index contributed by atoms with van der Waals surface area (Å²) in [5.41, 5.74) is 4.87. The Labute approximate surface area is 202 Å². The zero-order valence-electron chi connectivity index (χ0n) is 19.5. The van der Waals surface area contributed by atoms with Crippen molar-refractivity contribution in [3.05, 3.63) is 70.4 Å². The largest absolute Gasteiger partial charge is 0.497 e. The molecule has 34 heavy (non-hydrogen) atoms. The van der Waals surface area contributed by atoms with Crippen molar-refractivity contribution in [1.29, 1.82) is 0 Å². The molecule has 0 unspecified atom stereocenters. The Hall–Kier alpha value is -3.65. The van der Waals surface area contributed by atoms with E-state index < -0.39 is 0 Å². The van der Waals surface area contributed by atoms with Crippen LogP contribution in [0.4, 0.5) is 5.69 Å². The number of amidine groups is 1. The molecule has 0 radical (unpaired) electrons. The number of benzene rings is 2. The number of amides is 1. The van der Waals surface area contributed by atoms with Gasteiger partial charge in [-0.05, 0) is 86.6 Å². The van der Waals surface area contributed by atoms with E-state index in [1.165, 1.54) is 11.8 Å². The molecule has 2 aliphatic rings. The Morgan fingerprint density at radius 3 is 2.59 bits per heavy atom. The maximum atomic E-state index is 13.1. The topological polar surface area (TPSA) is 65.3 Å². The standard InChI is InChI=1S/C26H25N3O4S/c1-5-28-25(30)24(34-26(28)27-19-6-9-21(31-4)10-7-19)13-18-12-16(2)29(17(18)3)20-8-11-22-23(14-20)33-15-32-22/h6-14H,5,15H2,1-4H3. The number of rotatable bonds is 5. The second-order valence-electron chi connectivity index (χ2n) is 7.95. The van der Waals surface area contributed by atoms with E-state index in [-0.39, 0.29) is 12.7 Å². The van der Waals surface area contributed by atoms with Gasteiger partial charge in [0.05, 0.1) is 17.7 Å². The number of aryl methyl sites for hydroxylation is 1. The fourth-order valence-electron chi connectivity index (χ4n) is 4.13. The highest BCUT2D eigenvalue weighted by molar-refractivity contribution is 8.18. The maximum absolute atomic E-state index is 13.1. The quantitative estimate of drug-likeness (QED) is 0.459. The summed E-state index contributed by atoms with van der Waals surface area (Å²) in [6.07, 6.45) is 1.96. The summed E-state index contributed by atoms with van der Waals surface area (Å²) in [7, 11) is 1.63. The van der Waals surface area contributed by atoms with Crippen molar-refractivity contribution in [3.63, 3.8) is 0 Å². The number of methoxy groups -OCH3 is 1. The molecule has 2 aliphatic heterocycles. The molecule has 1 saturated heterocycles. The van der Waals surface area contributed by atoms with Crippen molar-refractivity contribution in [1.82, 2.24) is 9.47 Å². The van der Waals surface area contributed by atoms with Crippen LogP contribution >= 0.6 is 11.8 Å². The number of fused-ring (bicyclic) bond motifs is 1. The van der Waals surface area contributed by atoms with Crippen LogP contribution in [0.15, 0.2) is 58.4 Å². The van der Waals surface area contributed by atoms with Gasteiger partial charge in [-0.1, -0.05) is 0 Å². The number of aromatic nitrogens is 1. The molecule has 3 aromatic rings. The molecule has 0 atom stereocenters. The van der Waals surface area contributed by atoms with Crippen molar-refractivity contribution in [2.75, 3.05) is 20.4 Å². The first-order chi connectivity index (χ1) is 16.5. The summed E-state index contributed by atoms with van der Waals surface area (Å²) in [6.45, 7) is 6.86. The highest BCUT2D eigenvalue weighted by Crippen LogP contribution is 2.37. The van der Waals surface area contributed by atoms with Crippen molar-refractivity contribution in [3.8, 4) is 22.9 Å². The maximum Gasteiger partial charge on any atom is 0.266 e. The summed E-state index contributed by atoms with van der Waals surface area (Å²) in [5.74, 6) is 2.23. The van der Waals surface area contributed by atoms with Crippen LogP contribution in [0, 0.1) is 13.8 Å². The van der Waals surface area contributed by atoms with Gasteiger partial charge in [-0.2, -0.15) is 0 Å². The number of hydrogen-bond donors (Lipinski definition) is 0. The summed E-state index contributed by atoms with van der Waals surface area (Å²) in [6, 6.07) is 15.5. The van der Waals surface area contributed by atoms with Gasteiger partial charge in [0, 0.05) is 29.7 Å². The lowest BCUT2D eigenvalue weighted by atomic mass is 10.2. The number of carbonyl (C=O) groups is 1. The van der Waals surface area contributed by atoms with Gasteiger partial charge < -0.3 is 18.8 Å². The fraction of sp³-hybridized carbons (Fsp3) is 0.231. The average molecular weight is 476 g/mol. The Bertz CT molecular complexity index is 1320. The number of nitrogens with zero attached hydrogens (tertiary/aromatic N) is 3. The summed E-state index contributed by atoms with van der Waals surface area (Å²) >= 11 is 1.40. The van der Waals surface area contributed by atoms with E-state index in [0.717, 1.165) is 45.6 Å². The lowest BCUT2D eigenvalue weighted by Crippen LogP contribution is -2.28. The van der Waals surface area contributed by atoms with Crippen LogP contribution in [-0.4, -0.2) is 41.0 Å². The third-order valence-corrected chi connectivity index (χ3v) is 6.88. The number of likely N-dealkylation sites (N-methyl/N-ethyl adjacent to an activating group) is 1. The van der Waals surface area contributed by atoms with Crippen LogP contribution in [0.5, 0.6) is 17.2 Å². The summed E-state index contributed by atoms with van der Waals surface area (Å²) in [5, 5.41) is 0.675. The number of carbonyl (C=O) groups excluding carboxylic acids is 1. The second-order valence-corrected chi connectivity index (χ2v) is 8.96. The smallest absolute Gasteiger partial charge is 0.266 e. The van der Waals surface area contributed by atoms with Gasteiger partial charge in [-0.3, -0.25) is 9.69 Å². The lowest BCUT2D eigenvalue weighted by Gasteiger charge is -2.12. The Morgan fingerprint density at radius 1 is 1.09 bits per heavy atom. The molecular formula is C26H25N3O4S. The molecule has 0 bridgehead atoms. The van der Waals surface area contributed by atoms with Crippen LogP contribution in [0.3, 0.4) is 0 Å². The zero-order chi connectivity index (χ0) is 23.8. The fourth-order valence-corrected chi connectivity index (χ4v) is 5.19. The molecule has 0 N–H and O–H groups in total. The van der Waals surface area contributed by atoms with Crippen molar-refractivity contribution >= 4 is 34.6 Å². The van der Waals surface area contributed by atoms with Crippen LogP contribution in [-0.2, 0) is 4.79 Å². The van der Waals surface area contributed by atoms with E-state index >= 15 is 0 Å². The van der Waals surface area contributed by atoms with Crippen molar-refractivity contribution < 1.29 is 19.0 Å². The molecule has 3 heterocycles. The van der Waals surface area contributed by atoms with Gasteiger partial charge in [0.2, 0.25) is 6.79 Å². The van der Waals surface area contributed by atoms with Crippen LogP contribution in [0.2, 0.25) is 0 Å². The Morgan fingerprint density at radius 2 is 1.85 bits per heavy atom. The monoisotopic (exact) mass is 475 g/mol. The van der Waals surface area contributed by atoms with Crippen molar-refractivity contribution in [2.45, 2.75) is 20.8 Å². The minimum absolute atomic E-state index is 0.0346. The number of hydrogen-bond acceptors (Lipinski definition) is 6. The van der Waals surface area contributed by atoms with Gasteiger partial charge in [-0.25, -0.2) is 4.99 Å². The molecule has 174 valence electrons. The van der Waals surface area contributed by atoms with Gasteiger partial charge in [0.15, 0.2) is 16.7 Å². The van der Waals surface area contributed by atoms with Crippen LogP contribution < -0.4 is 14.2 Å². The average Bonchev–Trinajstić information content (AvgIpc) is 3.50. The Balaban J connectivity index is 1.47. The van der Waals surface area contributed by atoms with E-state index in [9.17, 15) is 4.79 Å². The zero-order valence-corrected chi connectivity index (χ0v) is 20.3. The highest BCUT2D eigenvalue weighted by Gasteiger charge is 2.32. The van der Waals surface area contributed by atoms with Gasteiger partial charge >= 0.3 is 0 Å². The van der Waals surface area contributed by atoms with Crippen molar-refractivity contribution in [2.24, 2.45) is 4.99 Å². The SMILES string of the molecule is CCN1C(=O)C(=Cc2cc(C)n(-c3ccc4c(c3)OCO4)c2C)SC1=Nc1ccc(OC)cc1. The van der Waals surface area contributed by atoms with E-state index in [4.69, 9.17) is 19.2 Å². The second kappa shape index (κ2) is 8.95. The third kappa shape index (κ3) is 3.94. The molecule has 1 aromatic heterocycles. The molecule has 0 spiro atoms. The van der Waals surface area contributed by atoms with E-state index in [1.54, 1.807) is 12.0 Å². The first-order valence-corrected chi connectivity index (χ1v) is 11.8. The van der Waals surface area contributed by atoms with Gasteiger partial charge in [0.25, 0.3) is 5.91 Å². The molecule has 0 saturated carbocycles. The minimum Gasteiger partial charge on any atom is -0.497 e. The van der Waals surface area contributed by atoms with E-state index in [0.29, 0.717) is 16.6 Å². The molecule has 8 heteroatoms. The molecule has 7 nitrogen and oxygen atoms in total. The van der Waals surface area contributed by atoms with Gasteiger partial charge in [0.1, 0.15) is 5.75 Å². The van der Waals surface area contributed by atoms with Crippen LogP contribution in [0.25, 0.3) is 11.8 Å². The summed E-state index contributed by atoms with van der Waals surface area (Å²) < 4.78 is 18.4. The minimum atomic E-state index is -0.0346. The van der Waals surface area contributed by atoms with Crippen LogP contribution in [0.1, 0.15) is 23.9 Å². The molecular weight excluding hydrogens is 450 g/mol. The predicted molar refractivity (Wildman–Crippen MR) is 134 cm³/mol. The molecule has 2 aromatic carbocycles. The molecule has 5 rings (SSSR count). The first kappa shape index (κ1) is 22.2. The number of aliphatic imine (C=N–C) groups is 1. The normalized spacial score (nSPS) is 17.3. The number of thioether (sulfide) groups is 1. The third-order valence-electron chi connectivity index (χ3n) is 5.87. The van der Waals surface area contributed by atoms with E-state index in [2.05, 4.69) is 24.5 Å². The van der Waals surface area contributed by atoms with Gasteiger partial charge in [-0.15, -0.1) is 0 Å². The highest BCUT2D eigenvalue weighted by atomic mass is 32.2. The molecule has 1 fully saturated rings. The summed E-state index contributed by atoms with van der Waals surface area (Å²) in [4.78, 5) is 20.2.